The van der Waals surface area contributed by atoms with Crippen LogP contribution >= 0.6 is 11.3 Å². The summed E-state index contributed by atoms with van der Waals surface area (Å²) in [6, 6.07) is 12.7. The van der Waals surface area contributed by atoms with Crippen LogP contribution in [0.1, 0.15) is 41.9 Å². The minimum atomic E-state index is 0.0468. The Kier molecular flexibility index (Phi) is 4.60. The summed E-state index contributed by atoms with van der Waals surface area (Å²) >= 11 is 1.83. The average Bonchev–Trinajstić information content (AvgIpc) is 3.00. The fraction of sp³-hybridized carbons (Fsp3) is 0.389. The third-order valence-corrected chi connectivity index (χ3v) is 5.42. The lowest BCUT2D eigenvalue weighted by molar-refractivity contribution is -0.123. The highest BCUT2D eigenvalue weighted by Gasteiger charge is 2.26. The van der Waals surface area contributed by atoms with Gasteiger partial charge in [0.05, 0.1) is 12.6 Å². The zero-order valence-electron chi connectivity index (χ0n) is 13.1. The molecule has 1 aliphatic heterocycles. The summed E-state index contributed by atoms with van der Waals surface area (Å²) in [4.78, 5) is 16.1. The molecule has 1 aliphatic rings. The van der Waals surface area contributed by atoms with Crippen LogP contribution in [0.2, 0.25) is 0 Å². The van der Waals surface area contributed by atoms with E-state index in [1.807, 2.05) is 48.6 Å². The lowest BCUT2D eigenvalue weighted by Gasteiger charge is -2.33. The number of carbonyl (C=O) groups is 1. The second-order valence-corrected chi connectivity index (χ2v) is 6.90. The first-order valence-electron chi connectivity index (χ1n) is 7.80. The molecule has 116 valence electrons. The van der Waals surface area contributed by atoms with Crippen LogP contribution in [0.15, 0.2) is 41.8 Å². The van der Waals surface area contributed by atoms with Crippen LogP contribution in [0.4, 0.5) is 0 Å². The van der Waals surface area contributed by atoms with E-state index in [1.165, 1.54) is 10.4 Å². The van der Waals surface area contributed by atoms with E-state index in [9.17, 15) is 4.79 Å². The summed E-state index contributed by atoms with van der Waals surface area (Å²) in [5.74, 6) is 0.0990. The van der Waals surface area contributed by atoms with Crippen molar-refractivity contribution in [1.82, 2.24) is 10.2 Å². The van der Waals surface area contributed by atoms with Gasteiger partial charge in [0, 0.05) is 17.5 Å². The third-order valence-electron chi connectivity index (χ3n) is 4.43. The maximum absolute atomic E-state index is 12.3. The summed E-state index contributed by atoms with van der Waals surface area (Å²) in [5.41, 5.74) is 2.53. The Morgan fingerprint density at radius 2 is 2.14 bits per heavy atom. The minimum Gasteiger partial charge on any atom is -0.348 e. The lowest BCUT2D eigenvalue weighted by atomic mass is 10.0. The first-order chi connectivity index (χ1) is 10.6. The molecule has 1 aromatic carbocycles. The van der Waals surface area contributed by atoms with Crippen molar-refractivity contribution in [2.24, 2.45) is 0 Å². The van der Waals surface area contributed by atoms with Crippen molar-refractivity contribution in [3.63, 3.8) is 0 Å². The van der Waals surface area contributed by atoms with Gasteiger partial charge >= 0.3 is 0 Å². The Hall–Kier alpha value is -1.65. The van der Waals surface area contributed by atoms with E-state index >= 15 is 0 Å². The summed E-state index contributed by atoms with van der Waals surface area (Å²) in [6.45, 7) is 5.65. The van der Waals surface area contributed by atoms with Gasteiger partial charge in [0.2, 0.25) is 5.91 Å². The van der Waals surface area contributed by atoms with Crippen molar-refractivity contribution in [2.45, 2.75) is 32.4 Å². The number of fused-ring (bicyclic) bond motifs is 1. The molecule has 2 heterocycles. The second kappa shape index (κ2) is 6.63. The molecule has 0 bridgehead atoms. The molecule has 3 rings (SSSR count). The summed E-state index contributed by atoms with van der Waals surface area (Å²) in [5, 5.41) is 5.26. The zero-order chi connectivity index (χ0) is 15.5. The van der Waals surface area contributed by atoms with Crippen LogP contribution < -0.4 is 5.32 Å². The largest absolute Gasteiger partial charge is 0.348 e. The summed E-state index contributed by atoms with van der Waals surface area (Å²) in [6.07, 6.45) is 1.05. The molecule has 1 N–H and O–H groups in total. The van der Waals surface area contributed by atoms with Gasteiger partial charge in [-0.05, 0) is 42.8 Å². The van der Waals surface area contributed by atoms with Crippen LogP contribution in [0.3, 0.4) is 0 Å². The van der Waals surface area contributed by atoms with Gasteiger partial charge in [-0.3, -0.25) is 9.69 Å². The van der Waals surface area contributed by atoms with Crippen molar-refractivity contribution in [3.05, 3.63) is 57.8 Å². The highest BCUT2D eigenvalue weighted by atomic mass is 32.1. The van der Waals surface area contributed by atoms with Gasteiger partial charge in [0.25, 0.3) is 0 Å². The first-order valence-corrected chi connectivity index (χ1v) is 8.67. The van der Waals surface area contributed by atoms with E-state index < -0.39 is 0 Å². The number of nitrogens with one attached hydrogen (secondary N) is 1. The average molecular weight is 314 g/mol. The highest BCUT2D eigenvalue weighted by molar-refractivity contribution is 7.10. The fourth-order valence-electron chi connectivity index (χ4n) is 3.07. The molecule has 22 heavy (non-hydrogen) atoms. The molecule has 0 saturated carbocycles. The second-order valence-electron chi connectivity index (χ2n) is 5.90. The molecule has 0 fully saturated rings. The van der Waals surface area contributed by atoms with E-state index in [-0.39, 0.29) is 11.9 Å². The first kappa shape index (κ1) is 15.3. The quantitative estimate of drug-likeness (QED) is 0.936. The molecule has 2 atom stereocenters. The van der Waals surface area contributed by atoms with Crippen molar-refractivity contribution in [3.8, 4) is 0 Å². The van der Waals surface area contributed by atoms with Gasteiger partial charge in [-0.15, -0.1) is 11.3 Å². The molecule has 0 saturated heterocycles. The zero-order valence-corrected chi connectivity index (χ0v) is 13.9. The van der Waals surface area contributed by atoms with Crippen LogP contribution in [0, 0.1) is 0 Å². The maximum Gasteiger partial charge on any atom is 0.234 e. The number of amides is 1. The monoisotopic (exact) mass is 314 g/mol. The molecular weight excluding hydrogens is 292 g/mol. The summed E-state index contributed by atoms with van der Waals surface area (Å²) in [7, 11) is 0. The van der Waals surface area contributed by atoms with Crippen molar-refractivity contribution < 1.29 is 4.79 Å². The fourth-order valence-corrected chi connectivity index (χ4v) is 4.04. The third kappa shape index (κ3) is 3.23. The molecule has 3 nitrogen and oxygen atoms in total. The van der Waals surface area contributed by atoms with E-state index in [1.54, 1.807) is 0 Å². The Balaban J connectivity index is 1.59. The number of carbonyl (C=O) groups excluding carboxylic acids is 1. The number of thiophene rings is 1. The SMILES string of the molecule is C[C@H](NC(=O)CN1CCc2sccc2[C@@H]1C)c1ccccc1. The molecular formula is C18H22N2OS. The Bertz CT molecular complexity index is 638. The van der Waals surface area contributed by atoms with Gasteiger partial charge in [0.1, 0.15) is 0 Å². The normalized spacial score (nSPS) is 19.5. The van der Waals surface area contributed by atoms with Crippen LogP contribution in [0.5, 0.6) is 0 Å². The van der Waals surface area contributed by atoms with Gasteiger partial charge in [-0.1, -0.05) is 30.3 Å². The molecule has 1 amide bonds. The molecule has 0 radical (unpaired) electrons. The van der Waals surface area contributed by atoms with Gasteiger partial charge < -0.3 is 5.32 Å². The molecule has 4 heteroatoms. The number of hydrogen-bond acceptors (Lipinski definition) is 3. The molecule has 2 aromatic rings. The smallest absolute Gasteiger partial charge is 0.234 e. The van der Waals surface area contributed by atoms with E-state index in [0.717, 1.165) is 18.5 Å². The van der Waals surface area contributed by atoms with Gasteiger partial charge in [-0.25, -0.2) is 0 Å². The van der Waals surface area contributed by atoms with Crippen molar-refractivity contribution in [1.29, 1.82) is 0 Å². The Labute approximate surface area is 136 Å². The number of rotatable bonds is 4. The molecule has 0 aliphatic carbocycles. The van der Waals surface area contributed by atoms with Crippen LogP contribution in [-0.2, 0) is 11.2 Å². The van der Waals surface area contributed by atoms with Gasteiger partial charge in [-0.2, -0.15) is 0 Å². The van der Waals surface area contributed by atoms with E-state index in [0.29, 0.717) is 12.6 Å². The number of benzene rings is 1. The summed E-state index contributed by atoms with van der Waals surface area (Å²) < 4.78 is 0. The lowest BCUT2D eigenvalue weighted by Crippen LogP contribution is -2.42. The molecule has 0 spiro atoms. The topological polar surface area (TPSA) is 32.3 Å². The van der Waals surface area contributed by atoms with E-state index in [2.05, 4.69) is 28.6 Å². The van der Waals surface area contributed by atoms with Crippen molar-refractivity contribution in [2.75, 3.05) is 13.1 Å². The van der Waals surface area contributed by atoms with Gasteiger partial charge in [0.15, 0.2) is 0 Å². The van der Waals surface area contributed by atoms with Crippen LogP contribution in [-0.4, -0.2) is 23.9 Å². The van der Waals surface area contributed by atoms with Crippen molar-refractivity contribution >= 4 is 17.2 Å². The van der Waals surface area contributed by atoms with E-state index in [4.69, 9.17) is 0 Å². The number of hydrogen-bond donors (Lipinski definition) is 1. The maximum atomic E-state index is 12.3. The standard InChI is InChI=1S/C18H22N2OS/c1-13(15-6-4-3-5-7-15)19-18(21)12-20-10-8-17-16(14(20)2)9-11-22-17/h3-7,9,11,13-14H,8,10,12H2,1-2H3,(H,19,21)/t13-,14-/m0/s1. The Morgan fingerprint density at radius 3 is 2.91 bits per heavy atom. The van der Waals surface area contributed by atoms with Crippen LogP contribution in [0.25, 0.3) is 0 Å². The predicted molar refractivity (Wildman–Crippen MR) is 91.0 cm³/mol. The number of nitrogens with zero attached hydrogens (tertiary/aromatic N) is 1. The molecule has 1 aromatic heterocycles. The minimum absolute atomic E-state index is 0.0468. The molecule has 0 unspecified atom stereocenters. The Morgan fingerprint density at radius 1 is 1.36 bits per heavy atom. The highest BCUT2D eigenvalue weighted by Crippen LogP contribution is 2.32. The predicted octanol–water partition coefficient (Wildman–Crippen LogP) is 3.54.